The lowest BCUT2D eigenvalue weighted by Crippen LogP contribution is -2.48. The van der Waals surface area contributed by atoms with Gasteiger partial charge in [0.05, 0.1) is 29.0 Å². The first-order valence-electron chi connectivity index (χ1n) is 7.99. The number of benzene rings is 1. The van der Waals surface area contributed by atoms with Crippen molar-refractivity contribution in [3.63, 3.8) is 0 Å². The molecule has 1 saturated heterocycles. The fourth-order valence-electron chi connectivity index (χ4n) is 3.29. The molecule has 9 nitrogen and oxygen atoms in total. The number of fused-ring (bicyclic) bond motifs is 1. The maximum Gasteiger partial charge on any atom is 0.262 e. The van der Waals surface area contributed by atoms with Crippen LogP contribution in [-0.2, 0) is 4.79 Å². The van der Waals surface area contributed by atoms with Crippen molar-refractivity contribution in [1.82, 2.24) is 15.2 Å². The average Bonchev–Trinajstić information content (AvgIpc) is 2.89. The number of nitrogens with two attached hydrogens (primary N) is 1. The Bertz CT molecular complexity index is 1030. The molecule has 3 amide bonds. The number of piperazine rings is 1. The molecule has 2 aliphatic rings. The molecule has 0 aliphatic carbocycles. The molecule has 132 valence electrons. The number of carbonyl (C=O) groups excluding carboxylic acids is 3. The van der Waals surface area contributed by atoms with Crippen molar-refractivity contribution in [3.8, 4) is 5.69 Å². The van der Waals surface area contributed by atoms with Crippen LogP contribution in [0.1, 0.15) is 20.7 Å². The summed E-state index contributed by atoms with van der Waals surface area (Å²) in [6.45, 7) is 1.20. The van der Waals surface area contributed by atoms with Crippen molar-refractivity contribution in [3.05, 3.63) is 51.8 Å². The maximum absolute atomic E-state index is 12.6. The number of carbonyl (C=O) groups is 3. The second-order valence-corrected chi connectivity index (χ2v) is 6.04. The SMILES string of the molecule is Nc1c2c(cc(=O)n1-c1ccccc1N1CCNC(=O)C1)C(=O)NC2=O. The van der Waals surface area contributed by atoms with Crippen LogP contribution in [0.4, 0.5) is 11.5 Å². The summed E-state index contributed by atoms with van der Waals surface area (Å²) in [6.07, 6.45) is 0. The summed E-state index contributed by atoms with van der Waals surface area (Å²) in [6, 6.07) is 8.08. The first kappa shape index (κ1) is 15.9. The number of nitrogens with zero attached hydrogens (tertiary/aromatic N) is 2. The monoisotopic (exact) mass is 353 g/mol. The van der Waals surface area contributed by atoms with Crippen molar-refractivity contribution in [2.75, 3.05) is 30.3 Å². The molecular weight excluding hydrogens is 338 g/mol. The third-order valence-corrected chi connectivity index (χ3v) is 4.46. The number of nitrogen functional groups attached to an aromatic ring is 1. The molecule has 1 aromatic carbocycles. The first-order chi connectivity index (χ1) is 12.5. The van der Waals surface area contributed by atoms with Crippen LogP contribution in [0.5, 0.6) is 0 Å². The summed E-state index contributed by atoms with van der Waals surface area (Å²) in [7, 11) is 0. The van der Waals surface area contributed by atoms with Gasteiger partial charge in [-0.15, -0.1) is 0 Å². The van der Waals surface area contributed by atoms with Crippen LogP contribution in [0.15, 0.2) is 35.1 Å². The molecule has 4 rings (SSSR count). The lowest BCUT2D eigenvalue weighted by molar-refractivity contribution is -0.120. The van der Waals surface area contributed by atoms with Gasteiger partial charge in [0.15, 0.2) is 0 Å². The lowest BCUT2D eigenvalue weighted by Gasteiger charge is -2.30. The third-order valence-electron chi connectivity index (χ3n) is 4.46. The molecule has 0 bridgehead atoms. The Labute approximate surface area is 147 Å². The number of nitrogens with one attached hydrogen (secondary N) is 2. The molecule has 4 N–H and O–H groups in total. The number of aromatic nitrogens is 1. The summed E-state index contributed by atoms with van der Waals surface area (Å²) in [5, 5.41) is 4.88. The number of pyridine rings is 1. The van der Waals surface area contributed by atoms with E-state index in [4.69, 9.17) is 5.73 Å². The van der Waals surface area contributed by atoms with Crippen LogP contribution in [0.25, 0.3) is 5.69 Å². The van der Waals surface area contributed by atoms with Gasteiger partial charge in [0.1, 0.15) is 5.82 Å². The zero-order valence-corrected chi connectivity index (χ0v) is 13.6. The first-order valence-corrected chi connectivity index (χ1v) is 7.99. The Morgan fingerprint density at radius 2 is 1.73 bits per heavy atom. The summed E-state index contributed by atoms with van der Waals surface area (Å²) < 4.78 is 1.19. The van der Waals surface area contributed by atoms with Gasteiger partial charge in [0.2, 0.25) is 5.91 Å². The minimum Gasteiger partial charge on any atom is -0.384 e. The van der Waals surface area contributed by atoms with E-state index in [2.05, 4.69) is 10.6 Å². The van der Waals surface area contributed by atoms with Crippen LogP contribution < -0.4 is 26.8 Å². The molecule has 1 fully saturated rings. The van der Waals surface area contributed by atoms with Crippen LogP contribution in [0, 0.1) is 0 Å². The lowest BCUT2D eigenvalue weighted by atomic mass is 10.1. The Morgan fingerprint density at radius 3 is 2.46 bits per heavy atom. The molecule has 1 aromatic heterocycles. The summed E-state index contributed by atoms with van der Waals surface area (Å²) in [5.74, 6) is -1.50. The van der Waals surface area contributed by atoms with E-state index in [1.807, 2.05) is 4.90 Å². The molecule has 0 radical (unpaired) electrons. The Balaban J connectivity index is 1.92. The fourth-order valence-corrected chi connectivity index (χ4v) is 3.29. The predicted octanol–water partition coefficient (Wildman–Crippen LogP) is -0.760. The van der Waals surface area contributed by atoms with Gasteiger partial charge in [-0.1, -0.05) is 12.1 Å². The molecule has 3 heterocycles. The summed E-state index contributed by atoms with van der Waals surface area (Å²) in [5.41, 5.74) is 6.62. The van der Waals surface area contributed by atoms with E-state index >= 15 is 0 Å². The van der Waals surface area contributed by atoms with Crippen molar-refractivity contribution in [2.24, 2.45) is 0 Å². The highest BCUT2D eigenvalue weighted by molar-refractivity contribution is 6.23. The highest BCUT2D eigenvalue weighted by atomic mass is 16.2. The molecule has 0 atom stereocenters. The number of hydrogen-bond acceptors (Lipinski definition) is 6. The van der Waals surface area contributed by atoms with Gasteiger partial charge in [-0.05, 0) is 12.1 Å². The van der Waals surface area contributed by atoms with E-state index in [0.29, 0.717) is 24.5 Å². The molecule has 26 heavy (non-hydrogen) atoms. The van der Waals surface area contributed by atoms with E-state index < -0.39 is 17.4 Å². The molecule has 2 aliphatic heterocycles. The number of amides is 3. The van der Waals surface area contributed by atoms with E-state index in [9.17, 15) is 19.2 Å². The van der Waals surface area contributed by atoms with Gasteiger partial charge < -0.3 is 16.0 Å². The van der Waals surface area contributed by atoms with Gasteiger partial charge in [0, 0.05) is 19.2 Å². The zero-order valence-electron chi connectivity index (χ0n) is 13.6. The number of hydrogen-bond donors (Lipinski definition) is 3. The third kappa shape index (κ3) is 2.32. The van der Waals surface area contributed by atoms with Crippen LogP contribution >= 0.6 is 0 Å². The minimum atomic E-state index is -0.637. The Kier molecular flexibility index (Phi) is 3.50. The van der Waals surface area contributed by atoms with Gasteiger partial charge in [0.25, 0.3) is 17.4 Å². The van der Waals surface area contributed by atoms with E-state index in [-0.39, 0.29) is 29.4 Å². The number of imide groups is 1. The molecule has 0 saturated carbocycles. The quantitative estimate of drug-likeness (QED) is 0.609. The number of anilines is 2. The smallest absolute Gasteiger partial charge is 0.262 e. The highest BCUT2D eigenvalue weighted by Crippen LogP contribution is 2.28. The van der Waals surface area contributed by atoms with E-state index in [0.717, 1.165) is 6.07 Å². The predicted molar refractivity (Wildman–Crippen MR) is 93.5 cm³/mol. The zero-order chi connectivity index (χ0) is 18.4. The van der Waals surface area contributed by atoms with E-state index in [1.54, 1.807) is 24.3 Å². The maximum atomic E-state index is 12.6. The Morgan fingerprint density at radius 1 is 1.00 bits per heavy atom. The number of para-hydroxylation sites is 2. The van der Waals surface area contributed by atoms with E-state index in [1.165, 1.54) is 4.57 Å². The summed E-state index contributed by atoms with van der Waals surface area (Å²) in [4.78, 5) is 50.0. The second kappa shape index (κ2) is 5.73. The Hall–Kier alpha value is -3.62. The molecule has 9 heteroatoms. The van der Waals surface area contributed by atoms with Crippen LogP contribution in [0.3, 0.4) is 0 Å². The van der Waals surface area contributed by atoms with Crippen LogP contribution in [-0.4, -0.2) is 41.9 Å². The van der Waals surface area contributed by atoms with Gasteiger partial charge in [-0.25, -0.2) is 0 Å². The van der Waals surface area contributed by atoms with Gasteiger partial charge in [-0.2, -0.15) is 0 Å². The van der Waals surface area contributed by atoms with Gasteiger partial charge >= 0.3 is 0 Å². The average molecular weight is 353 g/mol. The fraction of sp³-hybridized carbons (Fsp3) is 0.176. The van der Waals surface area contributed by atoms with Crippen molar-refractivity contribution >= 4 is 29.2 Å². The van der Waals surface area contributed by atoms with Crippen molar-refractivity contribution < 1.29 is 14.4 Å². The molecule has 0 unspecified atom stereocenters. The standard InChI is InChI=1S/C17H15N5O4/c18-15-14-9(16(25)20-17(14)26)7-13(24)22(15)11-4-2-1-3-10(11)21-6-5-19-12(23)8-21/h1-4,7H,5-6,8,18H2,(H,19,23)(H,20,25,26). The normalized spacial score (nSPS) is 16.3. The second-order valence-electron chi connectivity index (χ2n) is 6.04. The number of rotatable bonds is 2. The molecule has 2 aromatic rings. The summed E-state index contributed by atoms with van der Waals surface area (Å²) >= 11 is 0. The van der Waals surface area contributed by atoms with Crippen molar-refractivity contribution in [2.45, 2.75) is 0 Å². The topological polar surface area (TPSA) is 127 Å². The molecular formula is C17H15N5O4. The minimum absolute atomic E-state index is 0.0132. The van der Waals surface area contributed by atoms with Gasteiger partial charge in [-0.3, -0.25) is 29.1 Å². The molecule has 0 spiro atoms. The van der Waals surface area contributed by atoms with Crippen LogP contribution in [0.2, 0.25) is 0 Å². The van der Waals surface area contributed by atoms with Crippen molar-refractivity contribution in [1.29, 1.82) is 0 Å². The highest BCUT2D eigenvalue weighted by Gasteiger charge is 2.32. The largest absolute Gasteiger partial charge is 0.384 e.